The van der Waals surface area contributed by atoms with Gasteiger partial charge in [-0.3, -0.25) is 4.90 Å². The molecular formula is C16H24N2O2S. The summed E-state index contributed by atoms with van der Waals surface area (Å²) in [4.78, 5) is 2.91. The Morgan fingerprint density at radius 1 is 1.38 bits per heavy atom. The van der Waals surface area contributed by atoms with Gasteiger partial charge in [0.05, 0.1) is 4.99 Å². The van der Waals surface area contributed by atoms with Gasteiger partial charge in [-0.05, 0) is 43.0 Å². The van der Waals surface area contributed by atoms with Crippen LogP contribution >= 0.6 is 12.2 Å². The first-order valence-electron chi connectivity index (χ1n) is 7.50. The summed E-state index contributed by atoms with van der Waals surface area (Å²) in [5, 5.41) is 8.96. The molecule has 1 aromatic carbocycles. The number of rotatable bonds is 8. The molecule has 0 aromatic heterocycles. The van der Waals surface area contributed by atoms with Gasteiger partial charge in [0.1, 0.15) is 12.4 Å². The van der Waals surface area contributed by atoms with Gasteiger partial charge in [-0.1, -0.05) is 24.4 Å². The number of aliphatic hydroxyl groups excluding tert-OH is 1. The minimum absolute atomic E-state index is 0.299. The average Bonchev–Trinajstić information content (AvgIpc) is 2.88. The number of aliphatic hydroxyl groups is 1. The Morgan fingerprint density at radius 3 is 2.81 bits per heavy atom. The summed E-state index contributed by atoms with van der Waals surface area (Å²) < 4.78 is 5.77. The fraction of sp³-hybridized carbons (Fsp3) is 0.562. The van der Waals surface area contributed by atoms with E-state index in [2.05, 4.69) is 4.90 Å². The summed E-state index contributed by atoms with van der Waals surface area (Å²) in [6.07, 6.45) is 2.74. The lowest BCUT2D eigenvalue weighted by Gasteiger charge is -2.16. The zero-order chi connectivity index (χ0) is 15.1. The highest BCUT2D eigenvalue weighted by Crippen LogP contribution is 2.19. The normalized spacial score (nSPS) is 18.8. The molecule has 2 rings (SSSR count). The molecule has 1 heterocycles. The minimum Gasteiger partial charge on any atom is -0.492 e. The number of thiocarbonyl (C=S) groups is 1. The van der Waals surface area contributed by atoms with Crippen LogP contribution in [-0.2, 0) is 6.42 Å². The molecule has 1 fully saturated rings. The van der Waals surface area contributed by atoms with Gasteiger partial charge in [0.15, 0.2) is 0 Å². The fourth-order valence-corrected chi connectivity index (χ4v) is 2.90. The lowest BCUT2D eigenvalue weighted by atomic mass is 10.1. The molecule has 116 valence electrons. The summed E-state index contributed by atoms with van der Waals surface area (Å²) in [5.41, 5.74) is 6.64. The minimum atomic E-state index is 0.299. The second kappa shape index (κ2) is 8.32. The molecule has 0 bridgehead atoms. The topological polar surface area (TPSA) is 58.7 Å². The van der Waals surface area contributed by atoms with E-state index in [-0.39, 0.29) is 0 Å². The molecule has 1 aliphatic rings. The van der Waals surface area contributed by atoms with Gasteiger partial charge in [0.2, 0.25) is 0 Å². The fourth-order valence-electron chi connectivity index (χ4n) is 2.73. The molecule has 1 unspecified atom stereocenters. The third-order valence-corrected chi connectivity index (χ3v) is 4.03. The van der Waals surface area contributed by atoms with E-state index in [1.807, 2.05) is 24.3 Å². The molecule has 1 aliphatic heterocycles. The Balaban J connectivity index is 1.68. The van der Waals surface area contributed by atoms with Gasteiger partial charge in [-0.25, -0.2) is 0 Å². The van der Waals surface area contributed by atoms with Crippen molar-refractivity contribution in [3.8, 4) is 5.75 Å². The molecular weight excluding hydrogens is 284 g/mol. The smallest absolute Gasteiger partial charge is 0.119 e. The van der Waals surface area contributed by atoms with Crippen LogP contribution in [0.1, 0.15) is 18.4 Å². The quantitative estimate of drug-likeness (QED) is 0.714. The maximum Gasteiger partial charge on any atom is 0.119 e. The number of benzene rings is 1. The largest absolute Gasteiger partial charge is 0.492 e. The molecule has 1 aromatic rings. The van der Waals surface area contributed by atoms with E-state index in [0.29, 0.717) is 30.5 Å². The molecule has 4 nitrogen and oxygen atoms in total. The van der Waals surface area contributed by atoms with E-state index in [4.69, 9.17) is 27.8 Å². The zero-order valence-electron chi connectivity index (χ0n) is 12.3. The standard InChI is InChI=1S/C16H24N2O2S/c17-16(21)11-13-1-3-15(4-2-13)20-10-8-18-7-5-14(12-18)6-9-19/h1-4,14,19H,5-12H2,(H2,17,21). The van der Waals surface area contributed by atoms with Crippen molar-refractivity contribution >= 4 is 17.2 Å². The third kappa shape index (κ3) is 5.61. The van der Waals surface area contributed by atoms with Crippen LogP contribution in [0, 0.1) is 5.92 Å². The first-order chi connectivity index (χ1) is 10.2. The number of hydrogen-bond acceptors (Lipinski definition) is 4. The zero-order valence-corrected chi connectivity index (χ0v) is 13.1. The summed E-state index contributed by atoms with van der Waals surface area (Å²) in [6, 6.07) is 7.93. The van der Waals surface area contributed by atoms with E-state index in [1.165, 1.54) is 6.42 Å². The monoisotopic (exact) mass is 308 g/mol. The van der Waals surface area contributed by atoms with E-state index in [1.54, 1.807) is 0 Å². The number of nitrogens with zero attached hydrogens (tertiary/aromatic N) is 1. The first-order valence-corrected chi connectivity index (χ1v) is 7.91. The number of likely N-dealkylation sites (tertiary alicyclic amines) is 1. The summed E-state index contributed by atoms with van der Waals surface area (Å²) in [5.74, 6) is 1.53. The maximum atomic E-state index is 8.96. The second-order valence-electron chi connectivity index (χ2n) is 5.60. The lowest BCUT2D eigenvalue weighted by Crippen LogP contribution is -2.26. The molecule has 0 saturated carbocycles. The molecule has 0 aliphatic carbocycles. The van der Waals surface area contributed by atoms with Gasteiger partial charge >= 0.3 is 0 Å². The van der Waals surface area contributed by atoms with Gasteiger partial charge < -0.3 is 15.6 Å². The highest BCUT2D eigenvalue weighted by molar-refractivity contribution is 7.80. The van der Waals surface area contributed by atoms with E-state index in [9.17, 15) is 0 Å². The van der Waals surface area contributed by atoms with Crippen LogP contribution in [0.5, 0.6) is 5.75 Å². The van der Waals surface area contributed by atoms with Crippen molar-refractivity contribution in [1.82, 2.24) is 4.90 Å². The molecule has 5 heteroatoms. The van der Waals surface area contributed by atoms with E-state index < -0.39 is 0 Å². The van der Waals surface area contributed by atoms with Crippen LogP contribution in [0.3, 0.4) is 0 Å². The molecule has 21 heavy (non-hydrogen) atoms. The van der Waals surface area contributed by atoms with Crippen LogP contribution < -0.4 is 10.5 Å². The maximum absolute atomic E-state index is 8.96. The SMILES string of the molecule is NC(=S)Cc1ccc(OCCN2CCC(CCO)C2)cc1. The van der Waals surface area contributed by atoms with Crippen LogP contribution in [0.25, 0.3) is 0 Å². The third-order valence-electron chi connectivity index (χ3n) is 3.89. The van der Waals surface area contributed by atoms with Gasteiger partial charge in [-0.15, -0.1) is 0 Å². The van der Waals surface area contributed by atoms with Crippen molar-refractivity contribution < 1.29 is 9.84 Å². The molecule has 0 radical (unpaired) electrons. The summed E-state index contributed by atoms with van der Waals surface area (Å²) >= 11 is 4.90. The van der Waals surface area contributed by atoms with Crippen molar-refractivity contribution in [2.24, 2.45) is 11.7 Å². The first kappa shape index (κ1) is 16.2. The molecule has 3 N–H and O–H groups in total. The van der Waals surface area contributed by atoms with Gasteiger partial charge in [-0.2, -0.15) is 0 Å². The van der Waals surface area contributed by atoms with E-state index >= 15 is 0 Å². The van der Waals surface area contributed by atoms with Crippen LogP contribution in [0.4, 0.5) is 0 Å². The average molecular weight is 308 g/mol. The number of ether oxygens (including phenoxy) is 1. The van der Waals surface area contributed by atoms with Crippen molar-refractivity contribution in [3.05, 3.63) is 29.8 Å². The van der Waals surface area contributed by atoms with Crippen LogP contribution in [-0.4, -0.2) is 47.8 Å². The molecule has 0 spiro atoms. The van der Waals surface area contributed by atoms with Gasteiger partial charge in [0.25, 0.3) is 0 Å². The lowest BCUT2D eigenvalue weighted by molar-refractivity contribution is 0.222. The van der Waals surface area contributed by atoms with Crippen molar-refractivity contribution in [1.29, 1.82) is 0 Å². The predicted octanol–water partition coefficient (Wildman–Crippen LogP) is 1.60. The second-order valence-corrected chi connectivity index (χ2v) is 6.13. The van der Waals surface area contributed by atoms with Crippen molar-refractivity contribution in [2.75, 3.05) is 32.8 Å². The highest BCUT2D eigenvalue weighted by Gasteiger charge is 2.21. The number of hydrogen-bond donors (Lipinski definition) is 2. The number of nitrogens with two attached hydrogens (primary N) is 1. The van der Waals surface area contributed by atoms with Crippen LogP contribution in [0.15, 0.2) is 24.3 Å². The Kier molecular flexibility index (Phi) is 6.42. The molecule has 1 atom stereocenters. The van der Waals surface area contributed by atoms with Crippen molar-refractivity contribution in [2.45, 2.75) is 19.3 Å². The highest BCUT2D eigenvalue weighted by atomic mass is 32.1. The van der Waals surface area contributed by atoms with Gasteiger partial charge in [0, 0.05) is 26.1 Å². The summed E-state index contributed by atoms with van der Waals surface area (Å²) in [7, 11) is 0. The Hall–Kier alpha value is -1.17. The Morgan fingerprint density at radius 2 is 2.14 bits per heavy atom. The van der Waals surface area contributed by atoms with E-state index in [0.717, 1.165) is 37.4 Å². The predicted molar refractivity (Wildman–Crippen MR) is 88.7 cm³/mol. The van der Waals surface area contributed by atoms with Crippen molar-refractivity contribution in [3.63, 3.8) is 0 Å². The Labute approximate surface area is 131 Å². The van der Waals surface area contributed by atoms with Crippen LogP contribution in [0.2, 0.25) is 0 Å². The summed E-state index contributed by atoms with van der Waals surface area (Å²) in [6.45, 7) is 4.13. The molecule has 1 saturated heterocycles. The molecule has 0 amide bonds. The Bertz CT molecular complexity index is 450.